The topological polar surface area (TPSA) is 88.9 Å². The first kappa shape index (κ1) is 26.6. The summed E-state index contributed by atoms with van der Waals surface area (Å²) in [5.74, 6) is 6.75. The first-order valence-electron chi connectivity index (χ1n) is 12.4. The molecule has 0 spiro atoms. The van der Waals surface area contributed by atoms with Crippen LogP contribution in [0.2, 0.25) is 0 Å². The third-order valence-corrected chi connectivity index (χ3v) is 6.64. The molecule has 0 radical (unpaired) electrons. The van der Waals surface area contributed by atoms with E-state index in [1.54, 1.807) is 23.2 Å². The van der Waals surface area contributed by atoms with Gasteiger partial charge in [0.05, 0.1) is 12.1 Å². The van der Waals surface area contributed by atoms with Crippen LogP contribution < -0.4 is 21.5 Å². The fraction of sp³-hybridized carbons (Fsp3) is 0.393. The molecule has 196 valence electrons. The van der Waals surface area contributed by atoms with Gasteiger partial charge in [0.15, 0.2) is 5.96 Å². The highest BCUT2D eigenvalue weighted by molar-refractivity contribution is 5.81. The van der Waals surface area contributed by atoms with Crippen molar-refractivity contribution in [1.82, 2.24) is 10.2 Å². The smallest absolute Gasteiger partial charge is 0.405 e. The number of nitrogens with two attached hydrogens (primary N) is 2. The molecule has 1 aliphatic heterocycles. The lowest BCUT2D eigenvalue weighted by Crippen LogP contribution is -2.54. The Hall–Kier alpha value is -3.48. The summed E-state index contributed by atoms with van der Waals surface area (Å²) in [7, 11) is 0. The maximum absolute atomic E-state index is 13.0. The SMILES string of the molecule is Cc1cccc(C#CC2=CN=C(N)N(Cc3ccccc3OC(F)(F)F)C2NCC2CCC(N)CC2)c1. The molecule has 2 aromatic carbocycles. The lowest BCUT2D eigenvalue weighted by molar-refractivity contribution is -0.275. The molecule has 2 aliphatic rings. The lowest BCUT2D eigenvalue weighted by Gasteiger charge is -2.37. The molecule has 5 N–H and O–H groups in total. The van der Waals surface area contributed by atoms with E-state index in [1.807, 2.05) is 31.2 Å². The van der Waals surface area contributed by atoms with Crippen molar-refractivity contribution >= 4 is 5.96 Å². The molecular formula is C28H32F3N5O. The minimum absolute atomic E-state index is 0.0538. The number of nitrogens with zero attached hydrogens (tertiary/aromatic N) is 2. The van der Waals surface area contributed by atoms with E-state index in [0.29, 0.717) is 23.6 Å². The average molecular weight is 512 g/mol. The molecule has 4 rings (SSSR count). The van der Waals surface area contributed by atoms with E-state index in [4.69, 9.17) is 11.5 Å². The molecule has 1 unspecified atom stereocenters. The van der Waals surface area contributed by atoms with Crippen LogP contribution in [0, 0.1) is 24.7 Å². The number of aliphatic imine (C=N–C) groups is 1. The minimum atomic E-state index is -4.80. The third-order valence-electron chi connectivity index (χ3n) is 6.64. The molecule has 1 aliphatic carbocycles. The van der Waals surface area contributed by atoms with Gasteiger partial charge in [-0.1, -0.05) is 42.2 Å². The first-order chi connectivity index (χ1) is 17.7. The third kappa shape index (κ3) is 7.51. The van der Waals surface area contributed by atoms with Gasteiger partial charge in [0.2, 0.25) is 0 Å². The van der Waals surface area contributed by atoms with E-state index < -0.39 is 12.5 Å². The highest BCUT2D eigenvalue weighted by Gasteiger charge is 2.33. The number of guanidine groups is 1. The van der Waals surface area contributed by atoms with Gasteiger partial charge in [-0.25, -0.2) is 4.99 Å². The quantitative estimate of drug-likeness (QED) is 0.501. The second-order valence-corrected chi connectivity index (χ2v) is 9.57. The molecule has 0 aromatic heterocycles. The van der Waals surface area contributed by atoms with Crippen molar-refractivity contribution in [2.75, 3.05) is 6.54 Å². The first-order valence-corrected chi connectivity index (χ1v) is 12.4. The van der Waals surface area contributed by atoms with E-state index in [2.05, 4.69) is 26.9 Å². The maximum Gasteiger partial charge on any atom is 0.573 e. The van der Waals surface area contributed by atoms with Gasteiger partial charge in [-0.3, -0.25) is 5.32 Å². The maximum atomic E-state index is 13.0. The normalized spacial score (nSPS) is 22.0. The number of nitrogens with one attached hydrogen (secondary N) is 1. The highest BCUT2D eigenvalue weighted by atomic mass is 19.4. The number of halogens is 3. The van der Waals surface area contributed by atoms with Crippen LogP contribution in [0.5, 0.6) is 5.75 Å². The molecule has 0 amide bonds. The summed E-state index contributed by atoms with van der Waals surface area (Å²) in [5, 5.41) is 3.56. The molecule has 9 heteroatoms. The van der Waals surface area contributed by atoms with Gasteiger partial charge in [-0.15, -0.1) is 13.2 Å². The molecule has 1 heterocycles. The van der Waals surface area contributed by atoms with Crippen molar-refractivity contribution in [2.45, 2.75) is 57.7 Å². The van der Waals surface area contributed by atoms with Crippen LogP contribution in [-0.4, -0.2) is 36.0 Å². The number of hydrogen-bond donors (Lipinski definition) is 3. The number of aryl methyl sites for hydroxylation is 1. The summed E-state index contributed by atoms with van der Waals surface area (Å²) in [4.78, 5) is 6.04. The molecule has 0 bridgehead atoms. The van der Waals surface area contributed by atoms with E-state index >= 15 is 0 Å². The summed E-state index contributed by atoms with van der Waals surface area (Å²) in [6.45, 7) is 2.75. The van der Waals surface area contributed by atoms with Gasteiger partial charge in [0.25, 0.3) is 0 Å². The number of alkyl halides is 3. The van der Waals surface area contributed by atoms with Crippen LogP contribution in [-0.2, 0) is 6.54 Å². The van der Waals surface area contributed by atoms with E-state index in [1.165, 1.54) is 12.1 Å². The van der Waals surface area contributed by atoms with E-state index in [0.717, 1.165) is 36.8 Å². The zero-order chi connectivity index (χ0) is 26.4. The van der Waals surface area contributed by atoms with Gasteiger partial charge >= 0.3 is 6.36 Å². The van der Waals surface area contributed by atoms with Crippen LogP contribution in [0.1, 0.15) is 42.4 Å². The standard InChI is InChI=1S/C28H32F3N5O/c1-19-5-4-6-20(15-19)9-12-22-17-35-27(33)36(26(22)34-16-21-10-13-24(32)14-11-21)18-23-7-2-3-8-25(23)37-28(29,30)31/h2-8,15,17,21,24,26,34H,10-11,13-14,16,18,32H2,1H3,(H2,33,35). The molecule has 0 saturated heterocycles. The number of rotatable bonds is 6. The zero-order valence-corrected chi connectivity index (χ0v) is 20.8. The average Bonchev–Trinajstić information content (AvgIpc) is 2.85. The molecule has 37 heavy (non-hydrogen) atoms. The van der Waals surface area contributed by atoms with Crippen molar-refractivity contribution in [3.05, 3.63) is 77.0 Å². The molecular weight excluding hydrogens is 479 g/mol. The number of para-hydroxylation sites is 1. The highest BCUT2D eigenvalue weighted by Crippen LogP contribution is 2.29. The Morgan fingerprint density at radius 1 is 1.08 bits per heavy atom. The summed E-state index contributed by atoms with van der Waals surface area (Å²) in [5.41, 5.74) is 15.3. The molecule has 1 fully saturated rings. The van der Waals surface area contributed by atoms with Crippen molar-refractivity contribution < 1.29 is 17.9 Å². The van der Waals surface area contributed by atoms with Gasteiger partial charge in [0, 0.05) is 29.9 Å². The van der Waals surface area contributed by atoms with Gasteiger partial charge in [-0.2, -0.15) is 0 Å². The van der Waals surface area contributed by atoms with Crippen LogP contribution in [0.25, 0.3) is 0 Å². The van der Waals surface area contributed by atoms with Crippen molar-refractivity contribution in [3.8, 4) is 17.6 Å². The monoisotopic (exact) mass is 511 g/mol. The largest absolute Gasteiger partial charge is 0.573 e. The Morgan fingerprint density at radius 3 is 2.57 bits per heavy atom. The Balaban J connectivity index is 1.61. The predicted molar refractivity (Wildman–Crippen MR) is 138 cm³/mol. The Bertz CT molecular complexity index is 1210. The molecule has 6 nitrogen and oxygen atoms in total. The number of ether oxygens (including phenoxy) is 1. The van der Waals surface area contributed by atoms with Crippen molar-refractivity contribution in [3.63, 3.8) is 0 Å². The van der Waals surface area contributed by atoms with Crippen LogP contribution in [0.15, 0.2) is 65.3 Å². The summed E-state index contributed by atoms with van der Waals surface area (Å²) in [6.07, 6.45) is 0.332. The Kier molecular flexibility index (Phi) is 8.41. The summed E-state index contributed by atoms with van der Waals surface area (Å²) < 4.78 is 43.4. The van der Waals surface area contributed by atoms with Crippen LogP contribution in [0.4, 0.5) is 13.2 Å². The van der Waals surface area contributed by atoms with Gasteiger partial charge in [0.1, 0.15) is 11.9 Å². The second-order valence-electron chi connectivity index (χ2n) is 9.57. The summed E-state index contributed by atoms with van der Waals surface area (Å²) in [6, 6.07) is 14.1. The van der Waals surface area contributed by atoms with E-state index in [9.17, 15) is 13.2 Å². The van der Waals surface area contributed by atoms with E-state index in [-0.39, 0.29) is 24.3 Å². The minimum Gasteiger partial charge on any atom is -0.405 e. The molecule has 2 aromatic rings. The fourth-order valence-electron chi connectivity index (χ4n) is 4.65. The Labute approximate surface area is 215 Å². The fourth-order valence-corrected chi connectivity index (χ4v) is 4.65. The van der Waals surface area contributed by atoms with Crippen LogP contribution in [0.3, 0.4) is 0 Å². The zero-order valence-electron chi connectivity index (χ0n) is 20.8. The molecule has 1 saturated carbocycles. The van der Waals surface area contributed by atoms with Gasteiger partial charge < -0.3 is 21.1 Å². The lowest BCUT2D eigenvalue weighted by atomic mass is 9.86. The Morgan fingerprint density at radius 2 is 1.84 bits per heavy atom. The number of benzene rings is 2. The van der Waals surface area contributed by atoms with Crippen molar-refractivity contribution in [2.24, 2.45) is 22.4 Å². The van der Waals surface area contributed by atoms with Crippen molar-refractivity contribution in [1.29, 1.82) is 0 Å². The second kappa shape index (κ2) is 11.7. The van der Waals surface area contributed by atoms with Crippen LogP contribution >= 0.6 is 0 Å². The molecule has 1 atom stereocenters. The predicted octanol–water partition coefficient (Wildman–Crippen LogP) is 4.39. The number of hydrogen-bond acceptors (Lipinski definition) is 6. The van der Waals surface area contributed by atoms with Gasteiger partial charge in [-0.05, 0) is 62.3 Å². The summed E-state index contributed by atoms with van der Waals surface area (Å²) >= 11 is 0.